The third kappa shape index (κ3) is 3.88. The molecule has 0 atom stereocenters. The lowest BCUT2D eigenvalue weighted by Gasteiger charge is -2.14. The Morgan fingerprint density at radius 3 is 2.68 bits per heavy atom. The number of methoxy groups -OCH3 is 2. The molecule has 3 rings (SSSR count). The largest absolute Gasteiger partial charge is 0.493 e. The fraction of sp³-hybridized carbons (Fsp3) is 0.190. The van der Waals surface area contributed by atoms with E-state index in [-0.39, 0.29) is 6.61 Å². The normalized spacial score (nSPS) is 10.5. The molecule has 144 valence electrons. The molecule has 0 amide bonds. The first-order valence-electron chi connectivity index (χ1n) is 8.61. The van der Waals surface area contributed by atoms with E-state index in [1.165, 1.54) is 7.11 Å². The zero-order valence-electron chi connectivity index (χ0n) is 15.8. The molecule has 0 aliphatic heterocycles. The average Bonchev–Trinajstić information content (AvgIpc) is 2.71. The molecule has 2 N–H and O–H groups in total. The van der Waals surface area contributed by atoms with E-state index in [0.29, 0.717) is 40.6 Å². The number of esters is 1. The molecule has 0 saturated carbocycles. The Hall–Kier alpha value is -3.61. The number of rotatable bonds is 7. The first-order valence-corrected chi connectivity index (χ1v) is 8.61. The molecule has 0 radical (unpaired) electrons. The molecule has 7 heteroatoms. The maximum Gasteiger partial charge on any atom is 0.338 e. The lowest BCUT2D eigenvalue weighted by Crippen LogP contribution is -2.10. The number of carbonyl (C=O) groups excluding carboxylic acids is 1. The van der Waals surface area contributed by atoms with E-state index in [2.05, 4.69) is 16.5 Å². The summed E-state index contributed by atoms with van der Waals surface area (Å²) in [6.07, 6.45) is 2.24. The highest BCUT2D eigenvalue weighted by molar-refractivity contribution is 5.91. The van der Waals surface area contributed by atoms with Crippen LogP contribution in [0.3, 0.4) is 0 Å². The van der Waals surface area contributed by atoms with Gasteiger partial charge in [-0.05, 0) is 30.7 Å². The van der Waals surface area contributed by atoms with Crippen LogP contribution in [-0.2, 0) is 17.8 Å². The SMILES string of the molecule is C=CCc1cc(C(=O)OCc2nc(N)c3ccccc3n2)cc(OC)c1OC. The van der Waals surface area contributed by atoms with Gasteiger partial charge in [0.1, 0.15) is 5.82 Å². The van der Waals surface area contributed by atoms with Crippen molar-refractivity contribution in [1.29, 1.82) is 0 Å². The van der Waals surface area contributed by atoms with Crippen LogP contribution in [0, 0.1) is 0 Å². The van der Waals surface area contributed by atoms with Crippen LogP contribution >= 0.6 is 0 Å². The highest BCUT2D eigenvalue weighted by Crippen LogP contribution is 2.33. The first-order chi connectivity index (χ1) is 13.6. The Morgan fingerprint density at radius 2 is 1.96 bits per heavy atom. The lowest BCUT2D eigenvalue weighted by atomic mass is 10.1. The van der Waals surface area contributed by atoms with Crippen molar-refractivity contribution >= 4 is 22.7 Å². The van der Waals surface area contributed by atoms with Gasteiger partial charge in [0.2, 0.25) is 0 Å². The zero-order chi connectivity index (χ0) is 20.1. The van der Waals surface area contributed by atoms with Gasteiger partial charge in [-0.25, -0.2) is 14.8 Å². The van der Waals surface area contributed by atoms with Gasteiger partial charge in [-0.2, -0.15) is 0 Å². The second kappa shape index (κ2) is 8.39. The molecule has 0 saturated heterocycles. The Bertz CT molecular complexity index is 1030. The topological polar surface area (TPSA) is 96.6 Å². The predicted molar refractivity (Wildman–Crippen MR) is 107 cm³/mol. The number of allylic oxidation sites excluding steroid dienone is 1. The number of aromatic nitrogens is 2. The van der Waals surface area contributed by atoms with Gasteiger partial charge in [-0.3, -0.25) is 0 Å². The molecule has 0 aliphatic carbocycles. The highest BCUT2D eigenvalue weighted by Gasteiger charge is 2.17. The summed E-state index contributed by atoms with van der Waals surface area (Å²) in [7, 11) is 3.06. The molecular formula is C21H21N3O4. The molecule has 3 aromatic rings. The monoisotopic (exact) mass is 379 g/mol. The predicted octanol–water partition coefficient (Wildman–Crippen LogP) is 3.31. The second-order valence-corrected chi connectivity index (χ2v) is 5.98. The van der Waals surface area contributed by atoms with Crippen molar-refractivity contribution < 1.29 is 19.0 Å². The molecule has 0 unspecified atom stereocenters. The van der Waals surface area contributed by atoms with Gasteiger partial charge >= 0.3 is 5.97 Å². The summed E-state index contributed by atoms with van der Waals surface area (Å²) in [5, 5.41) is 0.756. The van der Waals surface area contributed by atoms with Gasteiger partial charge in [-0.1, -0.05) is 18.2 Å². The van der Waals surface area contributed by atoms with Gasteiger partial charge < -0.3 is 19.9 Å². The van der Waals surface area contributed by atoms with Crippen molar-refractivity contribution in [3.63, 3.8) is 0 Å². The van der Waals surface area contributed by atoms with Gasteiger partial charge in [0.25, 0.3) is 0 Å². The Labute approximate surface area is 162 Å². The van der Waals surface area contributed by atoms with Crippen LogP contribution in [0.25, 0.3) is 10.9 Å². The quantitative estimate of drug-likeness (QED) is 0.497. The van der Waals surface area contributed by atoms with Crippen LogP contribution in [-0.4, -0.2) is 30.2 Å². The number of fused-ring (bicyclic) bond motifs is 1. The minimum absolute atomic E-state index is 0.0982. The number of nitrogens with two attached hydrogens (primary N) is 1. The molecule has 0 bridgehead atoms. The van der Waals surface area contributed by atoms with Crippen molar-refractivity contribution in [3.8, 4) is 11.5 Å². The van der Waals surface area contributed by atoms with E-state index in [0.717, 1.165) is 10.9 Å². The summed E-state index contributed by atoms with van der Waals surface area (Å²) in [6.45, 7) is 3.63. The third-order valence-corrected chi connectivity index (χ3v) is 4.17. The van der Waals surface area contributed by atoms with Crippen LogP contribution in [0.2, 0.25) is 0 Å². The Kier molecular flexibility index (Phi) is 5.74. The Balaban J connectivity index is 1.83. The average molecular weight is 379 g/mol. The zero-order valence-corrected chi connectivity index (χ0v) is 15.8. The molecule has 0 fully saturated rings. The highest BCUT2D eigenvalue weighted by atomic mass is 16.5. The van der Waals surface area contributed by atoms with Crippen LogP contribution in [0.15, 0.2) is 49.1 Å². The number of nitrogens with zero attached hydrogens (tertiary/aromatic N) is 2. The minimum atomic E-state index is -0.526. The van der Waals surface area contributed by atoms with Crippen molar-refractivity contribution in [2.45, 2.75) is 13.0 Å². The van der Waals surface area contributed by atoms with Crippen LogP contribution in [0.4, 0.5) is 5.82 Å². The van der Waals surface area contributed by atoms with E-state index in [1.54, 1.807) is 25.3 Å². The van der Waals surface area contributed by atoms with E-state index in [4.69, 9.17) is 19.9 Å². The molecular weight excluding hydrogens is 358 g/mol. The number of anilines is 1. The number of carbonyl (C=O) groups is 1. The van der Waals surface area contributed by atoms with Crippen molar-refractivity contribution in [2.75, 3.05) is 20.0 Å². The fourth-order valence-corrected chi connectivity index (χ4v) is 2.90. The molecule has 1 aromatic heterocycles. The van der Waals surface area contributed by atoms with Gasteiger partial charge in [0, 0.05) is 10.9 Å². The summed E-state index contributed by atoms with van der Waals surface area (Å²) < 4.78 is 16.1. The number of para-hydroxylation sites is 1. The van der Waals surface area contributed by atoms with Crippen molar-refractivity contribution in [1.82, 2.24) is 9.97 Å². The molecule has 0 aliphatic rings. The van der Waals surface area contributed by atoms with Crippen LogP contribution in [0.5, 0.6) is 11.5 Å². The summed E-state index contributed by atoms with van der Waals surface area (Å²) in [4.78, 5) is 21.1. The standard InChI is InChI=1S/C21H21N3O4/c1-4-7-13-10-14(11-17(26-2)19(13)27-3)21(25)28-12-18-23-16-9-6-5-8-15(16)20(22)24-18/h4-6,8-11H,1,7,12H2,2-3H3,(H2,22,23,24). The van der Waals surface area contributed by atoms with E-state index < -0.39 is 5.97 Å². The number of nitrogen functional groups attached to an aromatic ring is 1. The van der Waals surface area contributed by atoms with Crippen molar-refractivity contribution in [2.24, 2.45) is 0 Å². The number of benzene rings is 2. The van der Waals surface area contributed by atoms with Gasteiger partial charge in [0.15, 0.2) is 23.9 Å². The lowest BCUT2D eigenvalue weighted by molar-refractivity contribution is 0.0462. The molecule has 1 heterocycles. The van der Waals surface area contributed by atoms with Crippen molar-refractivity contribution in [3.05, 3.63) is 66.0 Å². The number of ether oxygens (including phenoxy) is 3. The molecule has 0 spiro atoms. The maximum atomic E-state index is 12.6. The van der Waals surface area contributed by atoms with E-state index in [9.17, 15) is 4.79 Å². The summed E-state index contributed by atoms with van der Waals surface area (Å²) in [6, 6.07) is 10.7. The summed E-state index contributed by atoms with van der Waals surface area (Å²) >= 11 is 0. The van der Waals surface area contributed by atoms with E-state index >= 15 is 0 Å². The summed E-state index contributed by atoms with van der Waals surface area (Å²) in [5.41, 5.74) is 7.77. The Morgan fingerprint density at radius 1 is 1.18 bits per heavy atom. The van der Waals surface area contributed by atoms with Crippen LogP contribution < -0.4 is 15.2 Å². The molecule has 7 nitrogen and oxygen atoms in total. The number of hydrogen-bond acceptors (Lipinski definition) is 7. The van der Waals surface area contributed by atoms with Gasteiger partial charge in [0.05, 0.1) is 25.3 Å². The second-order valence-electron chi connectivity index (χ2n) is 5.98. The smallest absolute Gasteiger partial charge is 0.338 e. The summed E-state index contributed by atoms with van der Waals surface area (Å²) in [5.74, 6) is 1.15. The first kappa shape index (κ1) is 19.2. The van der Waals surface area contributed by atoms with Crippen LogP contribution in [0.1, 0.15) is 21.7 Å². The maximum absolute atomic E-state index is 12.6. The number of hydrogen-bond donors (Lipinski definition) is 1. The molecule has 2 aromatic carbocycles. The fourth-order valence-electron chi connectivity index (χ4n) is 2.90. The third-order valence-electron chi connectivity index (χ3n) is 4.17. The minimum Gasteiger partial charge on any atom is -0.493 e. The molecule has 28 heavy (non-hydrogen) atoms. The van der Waals surface area contributed by atoms with Gasteiger partial charge in [-0.15, -0.1) is 6.58 Å². The van der Waals surface area contributed by atoms with E-state index in [1.807, 2.05) is 24.3 Å².